The molecule has 2 amide bonds. The summed E-state index contributed by atoms with van der Waals surface area (Å²) in [7, 11) is 0. The molecule has 1 aromatic heterocycles. The maximum Gasteiger partial charge on any atom is 0.231 e. The average Bonchev–Trinajstić information content (AvgIpc) is 3.19. The third-order valence-electron chi connectivity index (χ3n) is 4.23. The molecule has 1 saturated heterocycles. The van der Waals surface area contributed by atoms with Crippen LogP contribution in [0.1, 0.15) is 30.2 Å². The van der Waals surface area contributed by atoms with Crippen LogP contribution in [0, 0.1) is 11.7 Å². The van der Waals surface area contributed by atoms with E-state index in [4.69, 9.17) is 0 Å². The molecule has 2 fully saturated rings. The summed E-state index contributed by atoms with van der Waals surface area (Å²) >= 11 is 1.40. The first-order valence-electron chi connectivity index (χ1n) is 7.80. The van der Waals surface area contributed by atoms with Crippen molar-refractivity contribution in [3.05, 3.63) is 35.1 Å². The van der Waals surface area contributed by atoms with Gasteiger partial charge < -0.3 is 10.2 Å². The number of nitrogens with one attached hydrogen (secondary N) is 1. The van der Waals surface area contributed by atoms with Gasteiger partial charge in [-0.2, -0.15) is 0 Å². The number of anilines is 2. The van der Waals surface area contributed by atoms with E-state index in [-0.39, 0.29) is 30.6 Å². The second-order valence-corrected chi connectivity index (χ2v) is 7.10. The summed E-state index contributed by atoms with van der Waals surface area (Å²) in [5.41, 5.74) is 0.601. The van der Waals surface area contributed by atoms with Gasteiger partial charge in [0, 0.05) is 24.6 Å². The van der Waals surface area contributed by atoms with Crippen molar-refractivity contribution in [2.45, 2.75) is 25.2 Å². The molecule has 4 rings (SSSR count). The molecule has 1 aliphatic heterocycles. The Morgan fingerprint density at radius 3 is 2.71 bits per heavy atom. The first-order chi connectivity index (χ1) is 11.6. The normalized spacial score (nSPS) is 20.5. The third kappa shape index (κ3) is 3.01. The molecule has 2 heterocycles. The Morgan fingerprint density at radius 2 is 2.00 bits per heavy atom. The van der Waals surface area contributed by atoms with Crippen molar-refractivity contribution < 1.29 is 14.0 Å². The van der Waals surface area contributed by atoms with Crippen molar-refractivity contribution in [1.82, 2.24) is 10.2 Å². The fourth-order valence-electron chi connectivity index (χ4n) is 2.74. The number of carbonyl (C=O) groups is 2. The fourth-order valence-corrected chi connectivity index (χ4v) is 3.66. The van der Waals surface area contributed by atoms with Gasteiger partial charge in [-0.25, -0.2) is 4.39 Å². The number of benzene rings is 1. The van der Waals surface area contributed by atoms with Gasteiger partial charge in [-0.15, -0.1) is 10.2 Å². The van der Waals surface area contributed by atoms with Crippen LogP contribution in [0.25, 0.3) is 0 Å². The minimum Gasteiger partial charge on any atom is -0.312 e. The Balaban J connectivity index is 1.41. The fraction of sp³-hybridized carbons (Fsp3) is 0.375. The minimum absolute atomic E-state index is 0.136. The predicted octanol–water partition coefficient (Wildman–Crippen LogP) is 2.55. The number of carbonyl (C=O) groups excluding carboxylic acids is 2. The molecule has 6 nitrogen and oxygen atoms in total. The molecule has 0 radical (unpaired) electrons. The SMILES string of the molecule is O=C(Nc1nnc(C2CC2)s1)C1CC(=O)N(c2ccc(F)cc2)C1. The quantitative estimate of drug-likeness (QED) is 0.923. The first kappa shape index (κ1) is 15.2. The van der Waals surface area contributed by atoms with Gasteiger partial charge in [0.05, 0.1) is 5.92 Å². The molecule has 1 N–H and O–H groups in total. The first-order valence-corrected chi connectivity index (χ1v) is 8.62. The zero-order valence-electron chi connectivity index (χ0n) is 12.7. The van der Waals surface area contributed by atoms with Gasteiger partial charge >= 0.3 is 0 Å². The van der Waals surface area contributed by atoms with E-state index in [0.29, 0.717) is 16.7 Å². The number of rotatable bonds is 4. The van der Waals surface area contributed by atoms with E-state index < -0.39 is 5.92 Å². The molecule has 1 atom stereocenters. The Kier molecular flexibility index (Phi) is 3.76. The lowest BCUT2D eigenvalue weighted by Gasteiger charge is -2.16. The zero-order chi connectivity index (χ0) is 16.7. The van der Waals surface area contributed by atoms with Crippen LogP contribution in [-0.2, 0) is 9.59 Å². The maximum absolute atomic E-state index is 13.0. The van der Waals surface area contributed by atoms with Gasteiger partial charge in [-0.05, 0) is 37.1 Å². The van der Waals surface area contributed by atoms with Crippen LogP contribution in [0.4, 0.5) is 15.2 Å². The molecule has 2 aliphatic rings. The molecule has 0 bridgehead atoms. The van der Waals surface area contributed by atoms with E-state index in [2.05, 4.69) is 15.5 Å². The van der Waals surface area contributed by atoms with Crippen LogP contribution in [0.3, 0.4) is 0 Å². The van der Waals surface area contributed by atoms with Crippen molar-refractivity contribution in [3.8, 4) is 0 Å². The van der Waals surface area contributed by atoms with Gasteiger partial charge in [0.2, 0.25) is 16.9 Å². The lowest BCUT2D eigenvalue weighted by molar-refractivity contribution is -0.122. The largest absolute Gasteiger partial charge is 0.312 e. The molecular formula is C16H15FN4O2S. The van der Waals surface area contributed by atoms with E-state index in [1.165, 1.54) is 28.4 Å². The molecule has 24 heavy (non-hydrogen) atoms. The highest BCUT2D eigenvalue weighted by molar-refractivity contribution is 7.15. The van der Waals surface area contributed by atoms with Gasteiger partial charge in [0.1, 0.15) is 10.8 Å². The van der Waals surface area contributed by atoms with Gasteiger partial charge in [0.25, 0.3) is 0 Å². The smallest absolute Gasteiger partial charge is 0.231 e. The standard InChI is InChI=1S/C16H15FN4O2S/c17-11-3-5-12(6-4-11)21-8-10(7-13(21)22)14(23)18-16-20-19-15(24-16)9-1-2-9/h3-6,9-10H,1-2,7-8H2,(H,18,20,23). The Labute approximate surface area is 141 Å². The number of hydrogen-bond acceptors (Lipinski definition) is 5. The van der Waals surface area contributed by atoms with Crippen LogP contribution < -0.4 is 10.2 Å². The second-order valence-electron chi connectivity index (χ2n) is 6.09. The third-order valence-corrected chi connectivity index (χ3v) is 5.23. The summed E-state index contributed by atoms with van der Waals surface area (Å²) < 4.78 is 13.0. The van der Waals surface area contributed by atoms with Crippen LogP contribution in [0.2, 0.25) is 0 Å². The van der Waals surface area contributed by atoms with Gasteiger partial charge in [-0.3, -0.25) is 9.59 Å². The average molecular weight is 346 g/mol. The highest BCUT2D eigenvalue weighted by Crippen LogP contribution is 2.42. The van der Waals surface area contributed by atoms with E-state index >= 15 is 0 Å². The molecule has 124 valence electrons. The van der Waals surface area contributed by atoms with Gasteiger partial charge in [-0.1, -0.05) is 11.3 Å². The summed E-state index contributed by atoms with van der Waals surface area (Å²) in [6.07, 6.45) is 2.40. The molecule has 8 heteroatoms. The van der Waals surface area contributed by atoms with Crippen molar-refractivity contribution in [3.63, 3.8) is 0 Å². The topological polar surface area (TPSA) is 75.2 Å². The lowest BCUT2D eigenvalue weighted by atomic mass is 10.1. The van der Waals surface area contributed by atoms with Crippen LogP contribution in [0.5, 0.6) is 0 Å². The molecular weight excluding hydrogens is 331 g/mol. The van der Waals surface area contributed by atoms with E-state index in [0.717, 1.165) is 17.8 Å². The molecule has 1 saturated carbocycles. The lowest BCUT2D eigenvalue weighted by Crippen LogP contribution is -2.28. The number of amides is 2. The van der Waals surface area contributed by atoms with Crippen LogP contribution >= 0.6 is 11.3 Å². The van der Waals surface area contributed by atoms with Crippen molar-refractivity contribution in [2.75, 3.05) is 16.8 Å². The van der Waals surface area contributed by atoms with Gasteiger partial charge in [0.15, 0.2) is 0 Å². The minimum atomic E-state index is -0.448. The second kappa shape index (κ2) is 5.94. The van der Waals surface area contributed by atoms with Crippen molar-refractivity contribution in [1.29, 1.82) is 0 Å². The van der Waals surface area contributed by atoms with E-state index in [9.17, 15) is 14.0 Å². The molecule has 1 unspecified atom stereocenters. The van der Waals surface area contributed by atoms with Crippen molar-refractivity contribution in [2.24, 2.45) is 5.92 Å². The molecule has 2 aromatic rings. The van der Waals surface area contributed by atoms with E-state index in [1.54, 1.807) is 12.1 Å². The highest BCUT2D eigenvalue weighted by Gasteiger charge is 2.36. The number of hydrogen-bond donors (Lipinski definition) is 1. The molecule has 0 spiro atoms. The number of halogens is 1. The molecule has 1 aliphatic carbocycles. The predicted molar refractivity (Wildman–Crippen MR) is 87.4 cm³/mol. The highest BCUT2D eigenvalue weighted by atomic mass is 32.1. The summed E-state index contributed by atoms with van der Waals surface area (Å²) in [5, 5.41) is 12.3. The summed E-state index contributed by atoms with van der Waals surface area (Å²) in [6, 6.07) is 5.69. The summed E-state index contributed by atoms with van der Waals surface area (Å²) in [6.45, 7) is 0.282. The Bertz CT molecular complexity index is 788. The zero-order valence-corrected chi connectivity index (χ0v) is 13.6. The van der Waals surface area contributed by atoms with Crippen molar-refractivity contribution >= 4 is 34.0 Å². The van der Waals surface area contributed by atoms with Crippen LogP contribution in [0.15, 0.2) is 24.3 Å². The maximum atomic E-state index is 13.0. The van der Waals surface area contributed by atoms with E-state index in [1.807, 2.05) is 0 Å². The monoisotopic (exact) mass is 346 g/mol. The Morgan fingerprint density at radius 1 is 1.25 bits per heavy atom. The summed E-state index contributed by atoms with van der Waals surface area (Å²) in [4.78, 5) is 26.0. The Hall–Kier alpha value is -2.35. The molecule has 1 aromatic carbocycles. The van der Waals surface area contributed by atoms with Crippen LogP contribution in [-0.4, -0.2) is 28.6 Å². The number of nitrogens with zero attached hydrogens (tertiary/aromatic N) is 3. The summed E-state index contributed by atoms with van der Waals surface area (Å²) in [5.74, 6) is -0.683. The number of aromatic nitrogens is 2.